The molecular formula is C24H32N2O4. The minimum Gasteiger partial charge on any atom is -0.497 e. The third-order valence-corrected chi connectivity index (χ3v) is 4.93. The quantitative estimate of drug-likeness (QED) is 0.512. The van der Waals surface area contributed by atoms with Crippen molar-refractivity contribution in [2.24, 2.45) is 0 Å². The zero-order valence-electron chi connectivity index (χ0n) is 18.1. The molecule has 6 heteroatoms. The van der Waals surface area contributed by atoms with Gasteiger partial charge in [0.25, 0.3) is 11.8 Å². The molecule has 0 fully saturated rings. The first-order valence-corrected chi connectivity index (χ1v) is 10.4. The maximum Gasteiger partial charge on any atom is 0.251 e. The minimum absolute atomic E-state index is 0.0625. The summed E-state index contributed by atoms with van der Waals surface area (Å²) in [6.07, 6.45) is 5.02. The molecule has 0 aliphatic heterocycles. The van der Waals surface area contributed by atoms with Crippen molar-refractivity contribution in [3.05, 3.63) is 59.7 Å². The molecule has 2 rings (SSSR count). The Hall–Kier alpha value is -3.02. The molecule has 2 aromatic rings. The van der Waals surface area contributed by atoms with Crippen molar-refractivity contribution in [3.8, 4) is 11.5 Å². The lowest BCUT2D eigenvalue weighted by Gasteiger charge is -2.14. The third-order valence-electron chi connectivity index (χ3n) is 4.93. The molecule has 1 unspecified atom stereocenters. The van der Waals surface area contributed by atoms with E-state index in [2.05, 4.69) is 10.6 Å². The Bertz CT molecular complexity index is 788. The molecule has 0 heterocycles. The van der Waals surface area contributed by atoms with E-state index in [0.717, 1.165) is 43.6 Å². The number of nitrogens with one attached hydrogen (secondary N) is 2. The average molecular weight is 413 g/mol. The van der Waals surface area contributed by atoms with E-state index in [1.807, 2.05) is 6.92 Å². The van der Waals surface area contributed by atoms with Crippen LogP contribution in [0.5, 0.6) is 11.5 Å². The van der Waals surface area contributed by atoms with Crippen LogP contribution in [0.4, 0.5) is 0 Å². The Labute approximate surface area is 179 Å². The van der Waals surface area contributed by atoms with Crippen LogP contribution in [0.3, 0.4) is 0 Å². The molecule has 0 saturated heterocycles. The molecule has 6 nitrogen and oxygen atoms in total. The lowest BCUT2D eigenvalue weighted by molar-refractivity contribution is 0.0935. The van der Waals surface area contributed by atoms with Gasteiger partial charge in [-0.1, -0.05) is 19.3 Å². The zero-order valence-corrected chi connectivity index (χ0v) is 18.1. The number of carbonyl (C=O) groups is 2. The average Bonchev–Trinajstić information content (AvgIpc) is 2.78. The normalized spacial score (nSPS) is 11.4. The molecule has 0 saturated carbocycles. The number of hydrogen-bond donors (Lipinski definition) is 2. The molecule has 0 radical (unpaired) electrons. The number of rotatable bonds is 12. The van der Waals surface area contributed by atoms with Crippen LogP contribution in [0, 0.1) is 0 Å². The van der Waals surface area contributed by atoms with Crippen molar-refractivity contribution in [2.45, 2.75) is 45.1 Å². The first-order chi connectivity index (χ1) is 14.5. The molecular weight excluding hydrogens is 380 g/mol. The Balaban J connectivity index is 1.55. The van der Waals surface area contributed by atoms with Crippen molar-refractivity contribution in [3.63, 3.8) is 0 Å². The fourth-order valence-electron chi connectivity index (χ4n) is 3.10. The van der Waals surface area contributed by atoms with E-state index in [1.165, 1.54) is 0 Å². The lowest BCUT2D eigenvalue weighted by atomic mass is 10.1. The van der Waals surface area contributed by atoms with Gasteiger partial charge in [0, 0.05) is 23.7 Å². The van der Waals surface area contributed by atoms with Crippen molar-refractivity contribution in [1.29, 1.82) is 0 Å². The molecule has 1 atom stereocenters. The van der Waals surface area contributed by atoms with E-state index in [-0.39, 0.29) is 17.9 Å². The Kier molecular flexibility index (Phi) is 9.71. The molecule has 0 bridgehead atoms. The van der Waals surface area contributed by atoms with E-state index in [4.69, 9.17) is 9.47 Å². The second kappa shape index (κ2) is 12.5. The van der Waals surface area contributed by atoms with Crippen LogP contribution in [0.2, 0.25) is 0 Å². The van der Waals surface area contributed by atoms with E-state index >= 15 is 0 Å². The summed E-state index contributed by atoms with van der Waals surface area (Å²) in [6.45, 7) is 2.69. The van der Waals surface area contributed by atoms with Crippen LogP contribution >= 0.6 is 0 Å². The fraction of sp³-hybridized carbons (Fsp3) is 0.417. The molecule has 30 heavy (non-hydrogen) atoms. The summed E-state index contributed by atoms with van der Waals surface area (Å²) < 4.78 is 10.2. The summed E-state index contributed by atoms with van der Waals surface area (Å²) in [5.74, 6) is 1.35. The van der Waals surface area contributed by atoms with Gasteiger partial charge in [0.15, 0.2) is 0 Å². The summed E-state index contributed by atoms with van der Waals surface area (Å²) in [4.78, 5) is 24.3. The molecule has 2 aromatic carbocycles. The summed E-state index contributed by atoms with van der Waals surface area (Å²) >= 11 is 0. The van der Waals surface area contributed by atoms with E-state index in [9.17, 15) is 9.59 Å². The van der Waals surface area contributed by atoms with Gasteiger partial charge in [-0.2, -0.15) is 0 Å². The van der Waals surface area contributed by atoms with Crippen LogP contribution in [-0.2, 0) is 0 Å². The highest BCUT2D eigenvalue weighted by Gasteiger charge is 2.10. The standard InChI is InChI=1S/C24H32N2O4/c1-18(26-24(28)20-11-15-22(30-3)16-12-20)8-6-4-5-7-17-25-23(27)19-9-13-21(29-2)14-10-19/h9-16,18H,4-8,17H2,1-3H3,(H,25,27)(H,26,28). The summed E-state index contributed by atoms with van der Waals surface area (Å²) in [5, 5.41) is 5.97. The Morgan fingerprint density at radius 2 is 1.27 bits per heavy atom. The Morgan fingerprint density at radius 1 is 0.767 bits per heavy atom. The topological polar surface area (TPSA) is 76.7 Å². The second-order valence-corrected chi connectivity index (χ2v) is 7.29. The first kappa shape index (κ1) is 23.3. The maximum atomic E-state index is 12.2. The van der Waals surface area contributed by atoms with Gasteiger partial charge in [-0.15, -0.1) is 0 Å². The predicted molar refractivity (Wildman–Crippen MR) is 118 cm³/mol. The number of carbonyl (C=O) groups excluding carboxylic acids is 2. The lowest BCUT2D eigenvalue weighted by Crippen LogP contribution is -2.32. The van der Waals surface area contributed by atoms with Gasteiger partial charge < -0.3 is 20.1 Å². The van der Waals surface area contributed by atoms with E-state index in [1.54, 1.807) is 62.8 Å². The number of unbranched alkanes of at least 4 members (excludes halogenated alkanes) is 3. The highest BCUT2D eigenvalue weighted by atomic mass is 16.5. The second-order valence-electron chi connectivity index (χ2n) is 7.29. The summed E-state index contributed by atoms with van der Waals surface area (Å²) in [6, 6.07) is 14.3. The van der Waals surface area contributed by atoms with Crippen LogP contribution in [0.1, 0.15) is 59.7 Å². The number of ether oxygens (including phenoxy) is 2. The van der Waals surface area contributed by atoms with Crippen molar-refractivity contribution in [1.82, 2.24) is 10.6 Å². The maximum absolute atomic E-state index is 12.2. The fourth-order valence-corrected chi connectivity index (χ4v) is 3.10. The van der Waals surface area contributed by atoms with Crippen LogP contribution < -0.4 is 20.1 Å². The van der Waals surface area contributed by atoms with Gasteiger partial charge in [-0.3, -0.25) is 9.59 Å². The summed E-state index contributed by atoms with van der Waals surface area (Å²) in [5.41, 5.74) is 1.27. The van der Waals surface area contributed by atoms with Gasteiger partial charge in [-0.05, 0) is 68.3 Å². The van der Waals surface area contributed by atoms with Crippen molar-refractivity contribution >= 4 is 11.8 Å². The molecule has 162 valence electrons. The molecule has 0 aliphatic rings. The van der Waals surface area contributed by atoms with Gasteiger partial charge in [0.05, 0.1) is 14.2 Å². The summed E-state index contributed by atoms with van der Waals surface area (Å²) in [7, 11) is 3.21. The first-order valence-electron chi connectivity index (χ1n) is 10.4. The molecule has 0 aromatic heterocycles. The number of methoxy groups -OCH3 is 2. The van der Waals surface area contributed by atoms with Gasteiger partial charge >= 0.3 is 0 Å². The third kappa shape index (κ3) is 7.78. The largest absolute Gasteiger partial charge is 0.497 e. The molecule has 0 spiro atoms. The van der Waals surface area contributed by atoms with Gasteiger partial charge in [-0.25, -0.2) is 0 Å². The van der Waals surface area contributed by atoms with E-state index in [0.29, 0.717) is 17.7 Å². The van der Waals surface area contributed by atoms with Gasteiger partial charge in [0.2, 0.25) is 0 Å². The molecule has 2 N–H and O–H groups in total. The van der Waals surface area contributed by atoms with E-state index < -0.39 is 0 Å². The molecule has 0 aliphatic carbocycles. The van der Waals surface area contributed by atoms with Crippen LogP contribution in [0.15, 0.2) is 48.5 Å². The minimum atomic E-state index is -0.0635. The highest BCUT2D eigenvalue weighted by molar-refractivity contribution is 5.94. The number of hydrogen-bond acceptors (Lipinski definition) is 4. The smallest absolute Gasteiger partial charge is 0.251 e. The molecule has 2 amide bonds. The van der Waals surface area contributed by atoms with Crippen molar-refractivity contribution < 1.29 is 19.1 Å². The number of benzene rings is 2. The predicted octanol–water partition coefficient (Wildman–Crippen LogP) is 4.20. The van der Waals surface area contributed by atoms with Crippen LogP contribution in [-0.4, -0.2) is 38.6 Å². The number of amides is 2. The SMILES string of the molecule is COc1ccc(C(=O)NCCCCCCC(C)NC(=O)c2ccc(OC)cc2)cc1. The monoisotopic (exact) mass is 412 g/mol. The Morgan fingerprint density at radius 3 is 1.80 bits per heavy atom. The van der Waals surface area contributed by atoms with Gasteiger partial charge in [0.1, 0.15) is 11.5 Å². The zero-order chi connectivity index (χ0) is 21.8. The highest BCUT2D eigenvalue weighted by Crippen LogP contribution is 2.13. The van der Waals surface area contributed by atoms with Crippen molar-refractivity contribution in [2.75, 3.05) is 20.8 Å². The van der Waals surface area contributed by atoms with Crippen LogP contribution in [0.25, 0.3) is 0 Å².